The molecule has 2 aromatic carbocycles. The number of hydrogen-bond acceptors (Lipinski definition) is 0. The summed E-state index contributed by atoms with van der Waals surface area (Å²) in [5.74, 6) is -37.2. The van der Waals surface area contributed by atoms with E-state index in [-0.39, 0.29) is 11.1 Å². The van der Waals surface area contributed by atoms with Gasteiger partial charge in [-0.1, -0.05) is 60.7 Å². The van der Waals surface area contributed by atoms with E-state index in [0.29, 0.717) is 0 Å². The Kier molecular flexibility index (Phi) is 6.63. The van der Waals surface area contributed by atoms with Crippen LogP contribution in [-0.2, 0) is 0 Å². The second-order valence-corrected chi connectivity index (χ2v) is 6.71. The van der Waals surface area contributed by atoms with Crippen LogP contribution in [0.5, 0.6) is 0 Å². The van der Waals surface area contributed by atoms with E-state index in [9.17, 15) is 57.1 Å². The van der Waals surface area contributed by atoms with Gasteiger partial charge in [-0.2, -0.15) is 57.1 Å². The average Bonchev–Trinajstić information content (AvgIpc) is 2.72. The van der Waals surface area contributed by atoms with E-state index >= 15 is 0 Å². The molecule has 0 fully saturated rings. The standard InChI is InChI=1S/C20H11F13/c21-15(22,11-14(12-7-3-1-4-8-12)13-9-5-2-6-10-13)16(23,24)17(25,26)18(27,28)19(29,30)20(31,32)33/h1-11H. The Morgan fingerprint density at radius 3 is 1.12 bits per heavy atom. The van der Waals surface area contributed by atoms with Gasteiger partial charge >= 0.3 is 35.8 Å². The van der Waals surface area contributed by atoms with E-state index in [0.717, 1.165) is 24.3 Å². The molecule has 0 aliphatic heterocycles. The molecule has 2 aromatic rings. The maximum atomic E-state index is 14.4. The van der Waals surface area contributed by atoms with Crippen molar-refractivity contribution in [1.82, 2.24) is 0 Å². The van der Waals surface area contributed by atoms with Crippen LogP contribution in [0.2, 0.25) is 0 Å². The van der Waals surface area contributed by atoms with Crippen molar-refractivity contribution < 1.29 is 57.1 Å². The molecule has 2 rings (SSSR count). The normalized spacial score (nSPS) is 14.2. The SMILES string of the molecule is FC(F)(F)C(F)(F)C(F)(F)C(F)(F)C(F)(F)C(F)(F)C=C(c1ccccc1)c1ccccc1. The summed E-state index contributed by atoms with van der Waals surface area (Å²) in [4.78, 5) is 0. The monoisotopic (exact) mass is 498 g/mol. The molecule has 182 valence electrons. The number of halogens is 13. The van der Waals surface area contributed by atoms with Gasteiger partial charge in [-0.05, 0) is 22.8 Å². The first-order valence-electron chi connectivity index (χ1n) is 8.61. The largest absolute Gasteiger partial charge is 0.460 e. The Bertz CT molecular complexity index is 933. The smallest absolute Gasteiger partial charge is 0.195 e. The molecule has 0 aliphatic carbocycles. The van der Waals surface area contributed by atoms with Gasteiger partial charge in [0.2, 0.25) is 0 Å². The third-order valence-corrected chi connectivity index (χ3v) is 4.45. The Morgan fingerprint density at radius 2 is 0.788 bits per heavy atom. The maximum Gasteiger partial charge on any atom is 0.460 e. The van der Waals surface area contributed by atoms with E-state index < -0.39 is 47.4 Å². The van der Waals surface area contributed by atoms with Crippen molar-refractivity contribution in [2.75, 3.05) is 0 Å². The van der Waals surface area contributed by atoms with Gasteiger partial charge in [-0.3, -0.25) is 0 Å². The predicted molar refractivity (Wildman–Crippen MR) is 90.8 cm³/mol. The highest BCUT2D eigenvalue weighted by Crippen LogP contribution is 2.60. The molecule has 0 amide bonds. The van der Waals surface area contributed by atoms with Gasteiger partial charge < -0.3 is 0 Å². The lowest BCUT2D eigenvalue weighted by Crippen LogP contribution is -2.69. The molecule has 0 nitrogen and oxygen atoms in total. The van der Waals surface area contributed by atoms with Crippen LogP contribution in [-0.4, -0.2) is 35.8 Å². The molecule has 0 heterocycles. The molecule has 0 unspecified atom stereocenters. The van der Waals surface area contributed by atoms with Gasteiger partial charge in [-0.15, -0.1) is 0 Å². The number of allylic oxidation sites excluding steroid dienone is 1. The van der Waals surface area contributed by atoms with Crippen LogP contribution in [0, 0.1) is 0 Å². The minimum atomic E-state index is -7.93. The summed E-state index contributed by atoms with van der Waals surface area (Å²) >= 11 is 0. The summed E-state index contributed by atoms with van der Waals surface area (Å²) in [6.45, 7) is 0. The number of benzene rings is 2. The molecule has 0 saturated carbocycles. The molecular weight excluding hydrogens is 487 g/mol. The first-order valence-corrected chi connectivity index (χ1v) is 8.61. The minimum absolute atomic E-state index is 0.296. The predicted octanol–water partition coefficient (Wildman–Crippen LogP) is 7.86. The van der Waals surface area contributed by atoms with Crippen LogP contribution in [0.3, 0.4) is 0 Å². The van der Waals surface area contributed by atoms with Crippen molar-refractivity contribution >= 4 is 5.57 Å². The molecule has 0 atom stereocenters. The van der Waals surface area contributed by atoms with Crippen molar-refractivity contribution in [2.24, 2.45) is 0 Å². The van der Waals surface area contributed by atoms with Gasteiger partial charge in [0.15, 0.2) is 0 Å². The van der Waals surface area contributed by atoms with Gasteiger partial charge in [0, 0.05) is 0 Å². The van der Waals surface area contributed by atoms with Gasteiger partial charge in [0.25, 0.3) is 0 Å². The third kappa shape index (κ3) is 4.29. The van der Waals surface area contributed by atoms with Crippen LogP contribution in [0.25, 0.3) is 5.57 Å². The third-order valence-electron chi connectivity index (χ3n) is 4.45. The number of hydrogen-bond donors (Lipinski definition) is 0. The summed E-state index contributed by atoms with van der Waals surface area (Å²) in [7, 11) is 0. The fourth-order valence-electron chi connectivity index (χ4n) is 2.62. The van der Waals surface area contributed by atoms with Crippen LogP contribution >= 0.6 is 0 Å². The summed E-state index contributed by atoms with van der Waals surface area (Å²) in [5, 5.41) is 0. The van der Waals surface area contributed by atoms with E-state index in [1.54, 1.807) is 0 Å². The fraction of sp³-hybridized carbons (Fsp3) is 0.300. The quantitative estimate of drug-likeness (QED) is 0.341. The lowest BCUT2D eigenvalue weighted by molar-refractivity contribution is -0.436. The molecule has 0 N–H and O–H groups in total. The molecule has 13 heteroatoms. The summed E-state index contributed by atoms with van der Waals surface area (Å²) in [6.07, 6.45) is -8.33. The van der Waals surface area contributed by atoms with Gasteiger partial charge in [0.05, 0.1) is 0 Å². The average molecular weight is 498 g/mol. The van der Waals surface area contributed by atoms with Crippen molar-refractivity contribution in [3.05, 3.63) is 77.9 Å². The van der Waals surface area contributed by atoms with E-state index in [4.69, 9.17) is 0 Å². The molecule has 0 saturated heterocycles. The highest BCUT2D eigenvalue weighted by atomic mass is 19.4. The van der Waals surface area contributed by atoms with Gasteiger partial charge in [-0.25, -0.2) is 0 Å². The first kappa shape index (κ1) is 26.5. The van der Waals surface area contributed by atoms with Crippen molar-refractivity contribution in [3.63, 3.8) is 0 Å². The molecule has 0 radical (unpaired) electrons. The Hall–Kier alpha value is -2.73. The van der Waals surface area contributed by atoms with Crippen LogP contribution < -0.4 is 0 Å². The number of rotatable bonds is 7. The lowest BCUT2D eigenvalue weighted by Gasteiger charge is -2.39. The van der Waals surface area contributed by atoms with E-state index in [1.807, 2.05) is 0 Å². The highest BCUT2D eigenvalue weighted by Gasteiger charge is 2.90. The van der Waals surface area contributed by atoms with Crippen LogP contribution in [0.1, 0.15) is 11.1 Å². The second kappa shape index (κ2) is 8.24. The van der Waals surface area contributed by atoms with Crippen LogP contribution in [0.15, 0.2) is 66.7 Å². The van der Waals surface area contributed by atoms with E-state index in [2.05, 4.69) is 0 Å². The molecule has 33 heavy (non-hydrogen) atoms. The summed E-state index contributed by atoms with van der Waals surface area (Å²) in [6, 6.07) is 11.8. The Labute approximate surface area is 177 Å². The first-order chi connectivity index (χ1) is 14.8. The zero-order valence-corrected chi connectivity index (χ0v) is 15.8. The van der Waals surface area contributed by atoms with E-state index in [1.165, 1.54) is 36.4 Å². The lowest BCUT2D eigenvalue weighted by atomic mass is 9.90. The van der Waals surface area contributed by atoms with Crippen LogP contribution in [0.4, 0.5) is 57.1 Å². The van der Waals surface area contributed by atoms with Gasteiger partial charge in [0.1, 0.15) is 0 Å². The van der Waals surface area contributed by atoms with Crippen molar-refractivity contribution in [1.29, 1.82) is 0 Å². The topological polar surface area (TPSA) is 0 Å². The Balaban J connectivity index is 2.70. The molecule has 0 bridgehead atoms. The molecule has 0 aromatic heterocycles. The maximum absolute atomic E-state index is 14.4. The molecule has 0 aliphatic rings. The van der Waals surface area contributed by atoms with Crippen molar-refractivity contribution in [2.45, 2.75) is 35.8 Å². The fourth-order valence-corrected chi connectivity index (χ4v) is 2.62. The second-order valence-electron chi connectivity index (χ2n) is 6.71. The minimum Gasteiger partial charge on any atom is -0.195 e. The highest BCUT2D eigenvalue weighted by molar-refractivity contribution is 5.80. The summed E-state index contributed by atoms with van der Waals surface area (Å²) < 4.78 is 174. The number of alkyl halides is 13. The Morgan fingerprint density at radius 1 is 0.455 bits per heavy atom. The zero-order valence-electron chi connectivity index (χ0n) is 15.8. The zero-order chi connectivity index (χ0) is 25.5. The molecule has 0 spiro atoms. The molecular formula is C20H11F13. The van der Waals surface area contributed by atoms with Crippen molar-refractivity contribution in [3.8, 4) is 0 Å². The summed E-state index contributed by atoms with van der Waals surface area (Å²) in [5.41, 5.74) is -1.49.